The van der Waals surface area contributed by atoms with E-state index in [-0.39, 0.29) is 18.4 Å². The van der Waals surface area contributed by atoms with E-state index in [9.17, 15) is 9.59 Å². The van der Waals surface area contributed by atoms with E-state index in [0.29, 0.717) is 5.57 Å². The van der Waals surface area contributed by atoms with E-state index in [4.69, 9.17) is 0 Å². The predicted octanol–water partition coefficient (Wildman–Crippen LogP) is 1.08. The molecule has 0 spiro atoms. The van der Waals surface area contributed by atoms with Gasteiger partial charge in [0.2, 0.25) is 0 Å². The molecule has 0 aromatic rings. The molecule has 0 saturated heterocycles. The third kappa shape index (κ3) is 5.33. The van der Waals surface area contributed by atoms with Gasteiger partial charge >= 0.3 is 5.97 Å². The fraction of sp³-hybridized carbons (Fsp3) is 0.500. The molecule has 62 valence electrons. The van der Waals surface area contributed by atoms with Gasteiger partial charge in [0.25, 0.3) is 0 Å². The van der Waals surface area contributed by atoms with Crippen LogP contribution >= 0.6 is 0 Å². The van der Waals surface area contributed by atoms with Crippen LogP contribution in [0.1, 0.15) is 20.8 Å². The van der Waals surface area contributed by atoms with Gasteiger partial charge in [0.1, 0.15) is 6.61 Å². The van der Waals surface area contributed by atoms with Crippen LogP contribution in [-0.4, -0.2) is 18.4 Å². The Labute approximate surface area is 66.0 Å². The van der Waals surface area contributed by atoms with Crippen LogP contribution < -0.4 is 0 Å². The molecule has 3 heteroatoms. The second-order valence-electron chi connectivity index (χ2n) is 2.25. The Morgan fingerprint density at radius 2 is 1.82 bits per heavy atom. The fourth-order valence-corrected chi connectivity index (χ4v) is 0.428. The molecule has 0 heterocycles. The van der Waals surface area contributed by atoms with Crippen molar-refractivity contribution in [2.45, 2.75) is 20.8 Å². The number of Topliss-reactive ketones (excluding diaryl/α,β-unsaturated/α-hetero) is 1. The van der Waals surface area contributed by atoms with Crippen LogP contribution in [0.4, 0.5) is 0 Å². The largest absolute Gasteiger partial charge is 0.462 e. The summed E-state index contributed by atoms with van der Waals surface area (Å²) in [6, 6.07) is 0. The highest BCUT2D eigenvalue weighted by Crippen LogP contribution is 1.93. The number of allylic oxidation sites excluding steroid dienone is 1. The van der Waals surface area contributed by atoms with Gasteiger partial charge in [-0.05, 0) is 25.5 Å². The molecule has 3 nitrogen and oxygen atoms in total. The average Bonchev–Trinajstić information content (AvgIpc) is 1.86. The van der Waals surface area contributed by atoms with Crippen LogP contribution in [0.3, 0.4) is 0 Å². The molecule has 0 aromatic carbocycles. The summed E-state index contributed by atoms with van der Waals surface area (Å²) in [7, 11) is 0. The van der Waals surface area contributed by atoms with Crippen molar-refractivity contribution in [1.82, 2.24) is 0 Å². The summed E-state index contributed by atoms with van der Waals surface area (Å²) in [5.41, 5.74) is 0.617. The summed E-state index contributed by atoms with van der Waals surface area (Å²) in [6.45, 7) is 4.67. The first kappa shape index (κ1) is 9.88. The van der Waals surface area contributed by atoms with Crippen LogP contribution in [0.25, 0.3) is 0 Å². The molecular formula is C8H12O3. The lowest BCUT2D eigenvalue weighted by atomic mass is 10.2. The predicted molar refractivity (Wildman–Crippen MR) is 41.1 cm³/mol. The molecule has 0 rings (SSSR count). The van der Waals surface area contributed by atoms with E-state index in [2.05, 4.69) is 4.74 Å². The van der Waals surface area contributed by atoms with Gasteiger partial charge in [0, 0.05) is 6.92 Å². The molecule has 0 radical (unpaired) electrons. The molecule has 0 unspecified atom stereocenters. The first-order chi connectivity index (χ1) is 5.04. The van der Waals surface area contributed by atoms with E-state index in [1.807, 2.05) is 0 Å². The number of hydrogen-bond donors (Lipinski definition) is 0. The van der Waals surface area contributed by atoms with E-state index in [0.717, 1.165) is 0 Å². The van der Waals surface area contributed by atoms with Crippen molar-refractivity contribution < 1.29 is 14.3 Å². The Morgan fingerprint density at radius 3 is 2.18 bits per heavy atom. The first-order valence-electron chi connectivity index (χ1n) is 3.35. The summed E-state index contributed by atoms with van der Waals surface area (Å²) in [5, 5.41) is 0. The minimum Gasteiger partial charge on any atom is -0.462 e. The smallest absolute Gasteiger partial charge is 0.302 e. The Balaban J connectivity index is 3.74. The Bertz CT molecular complexity index is 192. The zero-order chi connectivity index (χ0) is 8.85. The van der Waals surface area contributed by atoms with Gasteiger partial charge in [-0.2, -0.15) is 0 Å². The molecule has 0 N–H and O–H groups in total. The van der Waals surface area contributed by atoms with Crippen molar-refractivity contribution in [2.24, 2.45) is 0 Å². The molecule has 0 bridgehead atoms. The van der Waals surface area contributed by atoms with Crippen molar-refractivity contribution in [3.8, 4) is 0 Å². The average molecular weight is 156 g/mol. The minimum absolute atomic E-state index is 0.00264. The summed E-state index contributed by atoms with van der Waals surface area (Å²) in [5.74, 6) is -0.338. The summed E-state index contributed by atoms with van der Waals surface area (Å²) in [6.07, 6.45) is 1.59. The Morgan fingerprint density at radius 1 is 1.27 bits per heavy atom. The number of ether oxygens (including phenoxy) is 1. The molecule has 0 aliphatic heterocycles. The van der Waals surface area contributed by atoms with Crippen molar-refractivity contribution in [2.75, 3.05) is 6.61 Å². The van der Waals surface area contributed by atoms with Gasteiger partial charge < -0.3 is 4.74 Å². The van der Waals surface area contributed by atoms with Crippen LogP contribution in [-0.2, 0) is 14.3 Å². The second kappa shape index (κ2) is 4.66. The number of ketones is 1. The maximum Gasteiger partial charge on any atom is 0.302 e. The molecule has 0 fully saturated rings. The van der Waals surface area contributed by atoms with Crippen molar-refractivity contribution >= 4 is 11.8 Å². The van der Waals surface area contributed by atoms with E-state index in [1.54, 1.807) is 13.0 Å². The van der Waals surface area contributed by atoms with E-state index in [1.165, 1.54) is 13.8 Å². The maximum atomic E-state index is 10.6. The first-order valence-corrected chi connectivity index (χ1v) is 3.35. The van der Waals surface area contributed by atoms with Gasteiger partial charge in [-0.3, -0.25) is 9.59 Å². The van der Waals surface area contributed by atoms with Gasteiger partial charge in [-0.25, -0.2) is 0 Å². The second-order valence-corrected chi connectivity index (χ2v) is 2.25. The summed E-state index contributed by atoms with van der Waals surface area (Å²) < 4.78 is 4.60. The van der Waals surface area contributed by atoms with Gasteiger partial charge in [0.05, 0.1) is 0 Å². The van der Waals surface area contributed by atoms with Gasteiger partial charge in [-0.15, -0.1) is 0 Å². The number of carbonyl (C=O) groups excluding carboxylic acids is 2. The molecule has 0 aromatic heterocycles. The molecule has 0 aliphatic rings. The standard InChI is InChI=1S/C8H12O3/c1-6(7(2)9)4-5-11-8(3)10/h4H,5H2,1-3H3. The van der Waals surface area contributed by atoms with Crippen LogP contribution in [0.5, 0.6) is 0 Å². The lowest BCUT2D eigenvalue weighted by Crippen LogP contribution is -2.00. The highest BCUT2D eigenvalue weighted by atomic mass is 16.5. The number of rotatable bonds is 3. The zero-order valence-electron chi connectivity index (χ0n) is 7.01. The van der Waals surface area contributed by atoms with E-state index >= 15 is 0 Å². The Kier molecular flexibility index (Phi) is 4.18. The zero-order valence-corrected chi connectivity index (χ0v) is 7.01. The van der Waals surface area contributed by atoms with Crippen LogP contribution in [0.2, 0.25) is 0 Å². The Hall–Kier alpha value is -1.12. The van der Waals surface area contributed by atoms with Crippen LogP contribution in [0.15, 0.2) is 11.6 Å². The lowest BCUT2D eigenvalue weighted by Gasteiger charge is -1.96. The van der Waals surface area contributed by atoms with Crippen molar-refractivity contribution in [3.05, 3.63) is 11.6 Å². The molecule has 0 saturated carbocycles. The molecule has 0 atom stereocenters. The minimum atomic E-state index is -0.336. The number of esters is 1. The molecular weight excluding hydrogens is 144 g/mol. The van der Waals surface area contributed by atoms with Crippen LogP contribution in [0, 0.1) is 0 Å². The van der Waals surface area contributed by atoms with E-state index < -0.39 is 0 Å². The van der Waals surface area contributed by atoms with Gasteiger partial charge in [0.15, 0.2) is 5.78 Å². The highest BCUT2D eigenvalue weighted by Gasteiger charge is 1.95. The van der Waals surface area contributed by atoms with Crippen molar-refractivity contribution in [1.29, 1.82) is 0 Å². The van der Waals surface area contributed by atoms with Gasteiger partial charge in [-0.1, -0.05) is 0 Å². The highest BCUT2D eigenvalue weighted by molar-refractivity contribution is 5.92. The third-order valence-electron chi connectivity index (χ3n) is 1.23. The lowest BCUT2D eigenvalue weighted by molar-refractivity contribution is -0.139. The normalized spacial score (nSPS) is 11.0. The quantitative estimate of drug-likeness (QED) is 0.453. The molecule has 11 heavy (non-hydrogen) atoms. The molecule has 0 aliphatic carbocycles. The number of carbonyl (C=O) groups is 2. The third-order valence-corrected chi connectivity index (χ3v) is 1.23. The van der Waals surface area contributed by atoms with Crippen molar-refractivity contribution in [3.63, 3.8) is 0 Å². The monoisotopic (exact) mass is 156 g/mol. The topological polar surface area (TPSA) is 43.4 Å². The maximum absolute atomic E-state index is 10.6. The summed E-state index contributed by atoms with van der Waals surface area (Å²) >= 11 is 0. The SMILES string of the molecule is CC(=O)OCC=C(C)C(C)=O. The fourth-order valence-electron chi connectivity index (χ4n) is 0.428. The molecule has 0 amide bonds. The number of hydrogen-bond acceptors (Lipinski definition) is 3. The summed E-state index contributed by atoms with van der Waals surface area (Å²) in [4.78, 5) is 20.9.